The van der Waals surface area contributed by atoms with Crippen LogP contribution >= 0.6 is 11.3 Å². The molecule has 1 aromatic carbocycles. The number of hydrogen-bond donors (Lipinski definition) is 1. The molecule has 0 bridgehead atoms. The zero-order valence-electron chi connectivity index (χ0n) is 8.71. The summed E-state index contributed by atoms with van der Waals surface area (Å²) in [7, 11) is 0. The van der Waals surface area contributed by atoms with Crippen molar-refractivity contribution < 1.29 is 8.78 Å². The third-order valence-electron chi connectivity index (χ3n) is 2.35. The highest BCUT2D eigenvalue weighted by Gasteiger charge is 2.08. The van der Waals surface area contributed by atoms with Crippen LogP contribution in [0.25, 0.3) is 10.4 Å². The Morgan fingerprint density at radius 1 is 1.19 bits per heavy atom. The minimum Gasteiger partial charge on any atom is -0.324 e. The summed E-state index contributed by atoms with van der Waals surface area (Å²) in [4.78, 5) is 0.895. The van der Waals surface area contributed by atoms with Crippen LogP contribution < -0.4 is 5.73 Å². The van der Waals surface area contributed by atoms with Crippen molar-refractivity contribution in [2.24, 2.45) is 5.73 Å². The lowest BCUT2D eigenvalue weighted by atomic mass is 10.1. The molecule has 2 rings (SSSR count). The summed E-state index contributed by atoms with van der Waals surface area (Å²) in [5, 5.41) is 1.93. The first kappa shape index (κ1) is 11.2. The molecule has 16 heavy (non-hydrogen) atoms. The predicted octanol–water partition coefficient (Wildman–Crippen LogP) is 3.71. The number of benzene rings is 1. The topological polar surface area (TPSA) is 26.0 Å². The van der Waals surface area contributed by atoms with E-state index >= 15 is 0 Å². The van der Waals surface area contributed by atoms with Crippen molar-refractivity contribution in [1.29, 1.82) is 0 Å². The van der Waals surface area contributed by atoms with E-state index < -0.39 is 11.6 Å². The Morgan fingerprint density at radius 2 is 1.94 bits per heavy atom. The number of thiophene rings is 1. The Hall–Kier alpha value is -1.26. The molecular formula is C12H11F2NS. The monoisotopic (exact) mass is 239 g/mol. The van der Waals surface area contributed by atoms with Gasteiger partial charge in [-0.25, -0.2) is 8.78 Å². The van der Waals surface area contributed by atoms with Crippen molar-refractivity contribution >= 4 is 11.3 Å². The fourth-order valence-corrected chi connectivity index (χ4v) is 2.40. The van der Waals surface area contributed by atoms with Crippen molar-refractivity contribution in [2.45, 2.75) is 13.0 Å². The van der Waals surface area contributed by atoms with E-state index in [1.54, 1.807) is 6.07 Å². The van der Waals surface area contributed by atoms with E-state index in [1.807, 2.05) is 18.4 Å². The van der Waals surface area contributed by atoms with Crippen LogP contribution in [0.4, 0.5) is 8.78 Å². The van der Waals surface area contributed by atoms with Gasteiger partial charge in [0.05, 0.1) is 0 Å². The van der Waals surface area contributed by atoms with E-state index in [1.165, 1.54) is 17.4 Å². The first-order valence-corrected chi connectivity index (χ1v) is 5.75. The summed E-state index contributed by atoms with van der Waals surface area (Å²) in [5.41, 5.74) is 7.41. The van der Waals surface area contributed by atoms with Crippen LogP contribution in [-0.4, -0.2) is 0 Å². The van der Waals surface area contributed by atoms with Crippen molar-refractivity contribution in [3.05, 3.63) is 46.8 Å². The van der Waals surface area contributed by atoms with Gasteiger partial charge in [-0.1, -0.05) is 6.07 Å². The first-order valence-electron chi connectivity index (χ1n) is 4.87. The van der Waals surface area contributed by atoms with Gasteiger partial charge < -0.3 is 5.73 Å². The van der Waals surface area contributed by atoms with Gasteiger partial charge in [0.25, 0.3) is 0 Å². The number of rotatable bonds is 2. The normalized spacial score (nSPS) is 12.8. The summed E-state index contributed by atoms with van der Waals surface area (Å²) < 4.78 is 25.8. The molecule has 1 nitrogen and oxygen atoms in total. The molecule has 0 saturated heterocycles. The number of hydrogen-bond acceptors (Lipinski definition) is 2. The van der Waals surface area contributed by atoms with Crippen molar-refractivity contribution in [3.8, 4) is 10.4 Å². The maximum absolute atomic E-state index is 13.0. The minimum atomic E-state index is -0.826. The molecule has 1 aromatic heterocycles. The van der Waals surface area contributed by atoms with Crippen LogP contribution in [0.15, 0.2) is 29.6 Å². The molecule has 0 amide bonds. The standard InChI is InChI=1S/C12H11F2NS/c1-7(15)9-5-12(16-6-9)8-2-3-10(13)11(14)4-8/h2-7H,15H2,1H3. The van der Waals surface area contributed by atoms with E-state index in [9.17, 15) is 8.78 Å². The summed E-state index contributed by atoms with van der Waals surface area (Å²) in [6, 6.07) is 5.76. The first-order chi connectivity index (χ1) is 7.58. The minimum absolute atomic E-state index is 0.0460. The second-order valence-corrected chi connectivity index (χ2v) is 4.57. The molecule has 0 spiro atoms. The highest BCUT2D eigenvalue weighted by atomic mass is 32.1. The fourth-order valence-electron chi connectivity index (χ4n) is 1.39. The summed E-state index contributed by atoms with van der Waals surface area (Å²) >= 11 is 1.48. The van der Waals surface area contributed by atoms with Gasteiger partial charge in [-0.05, 0) is 41.6 Å². The van der Waals surface area contributed by atoms with E-state index in [4.69, 9.17) is 5.73 Å². The quantitative estimate of drug-likeness (QED) is 0.849. The Bertz CT molecular complexity index is 505. The molecular weight excluding hydrogens is 228 g/mol. The van der Waals surface area contributed by atoms with Crippen LogP contribution in [0.2, 0.25) is 0 Å². The van der Waals surface area contributed by atoms with Crippen LogP contribution in [0.1, 0.15) is 18.5 Å². The highest BCUT2D eigenvalue weighted by molar-refractivity contribution is 7.13. The van der Waals surface area contributed by atoms with Gasteiger partial charge in [0.1, 0.15) is 0 Å². The smallest absolute Gasteiger partial charge is 0.159 e. The number of halogens is 2. The molecule has 0 aliphatic rings. The second-order valence-electron chi connectivity index (χ2n) is 3.66. The lowest BCUT2D eigenvalue weighted by molar-refractivity contribution is 0.509. The molecule has 0 saturated carbocycles. The largest absolute Gasteiger partial charge is 0.324 e. The molecule has 84 valence electrons. The molecule has 1 atom stereocenters. The molecule has 0 aliphatic heterocycles. The van der Waals surface area contributed by atoms with Crippen LogP contribution in [0.3, 0.4) is 0 Å². The SMILES string of the molecule is CC(N)c1csc(-c2ccc(F)c(F)c2)c1. The average Bonchev–Trinajstić information content (AvgIpc) is 2.71. The van der Waals surface area contributed by atoms with E-state index in [0.29, 0.717) is 5.56 Å². The maximum atomic E-state index is 13.0. The van der Waals surface area contributed by atoms with Crippen LogP contribution in [0, 0.1) is 11.6 Å². The summed E-state index contributed by atoms with van der Waals surface area (Å²) in [6.45, 7) is 1.89. The van der Waals surface area contributed by atoms with E-state index in [0.717, 1.165) is 16.5 Å². The van der Waals surface area contributed by atoms with Gasteiger partial charge >= 0.3 is 0 Å². The van der Waals surface area contributed by atoms with Crippen molar-refractivity contribution in [3.63, 3.8) is 0 Å². The van der Waals surface area contributed by atoms with Gasteiger partial charge in [0.2, 0.25) is 0 Å². The zero-order valence-corrected chi connectivity index (χ0v) is 9.52. The molecule has 2 N–H and O–H groups in total. The van der Waals surface area contributed by atoms with Gasteiger partial charge in [0, 0.05) is 10.9 Å². The second kappa shape index (κ2) is 4.31. The zero-order chi connectivity index (χ0) is 11.7. The van der Waals surface area contributed by atoms with Crippen molar-refractivity contribution in [2.75, 3.05) is 0 Å². The van der Waals surface area contributed by atoms with Gasteiger partial charge in [-0.15, -0.1) is 11.3 Å². The third kappa shape index (κ3) is 2.13. The molecule has 0 aliphatic carbocycles. The molecule has 4 heteroatoms. The van der Waals surface area contributed by atoms with Crippen LogP contribution in [-0.2, 0) is 0 Å². The Balaban J connectivity index is 2.39. The van der Waals surface area contributed by atoms with E-state index in [2.05, 4.69) is 0 Å². The fraction of sp³-hybridized carbons (Fsp3) is 0.167. The Labute approximate surface area is 96.5 Å². The molecule has 2 aromatic rings. The Morgan fingerprint density at radius 3 is 2.50 bits per heavy atom. The third-order valence-corrected chi connectivity index (χ3v) is 3.35. The summed E-state index contributed by atoms with van der Waals surface area (Å²) in [5.74, 6) is -1.65. The molecule has 1 unspecified atom stereocenters. The lowest BCUT2D eigenvalue weighted by Gasteiger charge is -2.00. The number of nitrogens with two attached hydrogens (primary N) is 1. The molecule has 0 radical (unpaired) electrons. The lowest BCUT2D eigenvalue weighted by Crippen LogP contribution is -2.02. The van der Waals surface area contributed by atoms with Crippen molar-refractivity contribution in [1.82, 2.24) is 0 Å². The Kier molecular flexibility index (Phi) is 3.03. The van der Waals surface area contributed by atoms with Crippen LogP contribution in [0.5, 0.6) is 0 Å². The summed E-state index contributed by atoms with van der Waals surface area (Å²) in [6.07, 6.45) is 0. The van der Waals surface area contributed by atoms with Gasteiger partial charge in [-0.3, -0.25) is 0 Å². The van der Waals surface area contributed by atoms with Gasteiger partial charge in [-0.2, -0.15) is 0 Å². The average molecular weight is 239 g/mol. The maximum Gasteiger partial charge on any atom is 0.159 e. The highest BCUT2D eigenvalue weighted by Crippen LogP contribution is 2.30. The van der Waals surface area contributed by atoms with E-state index in [-0.39, 0.29) is 6.04 Å². The van der Waals surface area contributed by atoms with Gasteiger partial charge in [0.15, 0.2) is 11.6 Å². The molecule has 0 fully saturated rings. The molecule has 1 heterocycles. The predicted molar refractivity (Wildman–Crippen MR) is 62.3 cm³/mol.